The maximum atomic E-state index is 12.3. The van der Waals surface area contributed by atoms with Crippen LogP contribution in [-0.4, -0.2) is 17.4 Å². The smallest absolute Gasteiger partial charge is 0.352 e. The Labute approximate surface area is 119 Å². The molecule has 0 unspecified atom stereocenters. The molecular weight excluding hydrogens is 281 g/mol. The highest BCUT2D eigenvalue weighted by Crippen LogP contribution is 2.27. The van der Waals surface area contributed by atoms with Gasteiger partial charge >= 0.3 is 6.18 Å². The number of carbonyl (C=O) groups is 1. The van der Waals surface area contributed by atoms with E-state index in [1.165, 1.54) is 0 Å². The van der Waals surface area contributed by atoms with E-state index in [1.807, 2.05) is 30.3 Å². The first kappa shape index (κ1) is 15.0. The third kappa shape index (κ3) is 4.30. The number of benzene rings is 1. The number of halogens is 3. The van der Waals surface area contributed by atoms with Gasteiger partial charge in [0.05, 0.1) is 5.56 Å². The summed E-state index contributed by atoms with van der Waals surface area (Å²) in [6.45, 7) is 0.407. The van der Waals surface area contributed by atoms with Crippen molar-refractivity contribution in [2.45, 2.75) is 12.6 Å². The zero-order valence-corrected chi connectivity index (χ0v) is 11.0. The number of nitrogens with one attached hydrogen (secondary N) is 1. The number of amides is 1. The maximum absolute atomic E-state index is 12.3. The molecule has 1 heterocycles. The summed E-state index contributed by atoms with van der Waals surface area (Å²) in [5.74, 6) is -0.438. The molecule has 2 rings (SSSR count). The summed E-state index contributed by atoms with van der Waals surface area (Å²) in [5.41, 5.74) is 0.169. The van der Waals surface area contributed by atoms with Crippen molar-refractivity contribution in [2.24, 2.45) is 0 Å². The van der Waals surface area contributed by atoms with Crippen LogP contribution in [0.2, 0.25) is 0 Å². The molecule has 0 radical (unpaired) electrons. The fraction of sp³-hybridized carbons (Fsp3) is 0.200. The Morgan fingerprint density at radius 2 is 1.81 bits per heavy atom. The molecule has 0 aliphatic rings. The van der Waals surface area contributed by atoms with E-state index in [0.29, 0.717) is 13.0 Å². The molecule has 1 aromatic heterocycles. The summed E-state index contributed by atoms with van der Waals surface area (Å²) >= 11 is 0. The highest BCUT2D eigenvalue weighted by atomic mass is 19.4. The lowest BCUT2D eigenvalue weighted by Gasteiger charge is -2.07. The van der Waals surface area contributed by atoms with Crippen LogP contribution in [-0.2, 0) is 12.6 Å². The Kier molecular flexibility index (Phi) is 4.57. The predicted molar refractivity (Wildman–Crippen MR) is 71.7 cm³/mol. The van der Waals surface area contributed by atoms with E-state index in [9.17, 15) is 18.0 Å². The minimum absolute atomic E-state index is 0.107. The van der Waals surface area contributed by atoms with Crippen LogP contribution in [0.3, 0.4) is 0 Å². The molecule has 0 spiro atoms. The Hall–Kier alpha value is -2.37. The minimum Gasteiger partial charge on any atom is -0.352 e. The van der Waals surface area contributed by atoms with Crippen molar-refractivity contribution in [2.75, 3.05) is 6.54 Å². The summed E-state index contributed by atoms with van der Waals surface area (Å²) in [4.78, 5) is 15.0. The number of hydrogen-bond donors (Lipinski definition) is 1. The van der Waals surface area contributed by atoms with Crippen molar-refractivity contribution < 1.29 is 18.0 Å². The number of nitrogens with zero attached hydrogens (tertiary/aromatic N) is 1. The number of carbonyl (C=O) groups excluding carboxylic acids is 1. The molecule has 1 N–H and O–H groups in total. The summed E-state index contributed by atoms with van der Waals surface area (Å²) in [6, 6.07) is 11.5. The molecule has 0 saturated carbocycles. The van der Waals surface area contributed by atoms with E-state index in [1.54, 1.807) is 0 Å². The van der Waals surface area contributed by atoms with Crippen LogP contribution >= 0.6 is 0 Å². The Balaban J connectivity index is 1.89. The second-order valence-electron chi connectivity index (χ2n) is 4.42. The Bertz CT molecular complexity index is 595. The topological polar surface area (TPSA) is 42.0 Å². The van der Waals surface area contributed by atoms with Crippen LogP contribution in [0.4, 0.5) is 13.2 Å². The second-order valence-corrected chi connectivity index (χ2v) is 4.42. The number of hydrogen-bond acceptors (Lipinski definition) is 2. The number of rotatable bonds is 4. The van der Waals surface area contributed by atoms with Gasteiger partial charge in [-0.05, 0) is 24.1 Å². The van der Waals surface area contributed by atoms with Gasteiger partial charge in [-0.15, -0.1) is 0 Å². The summed E-state index contributed by atoms with van der Waals surface area (Å²) in [7, 11) is 0. The minimum atomic E-state index is -4.50. The van der Waals surface area contributed by atoms with Crippen molar-refractivity contribution >= 4 is 5.91 Å². The normalized spacial score (nSPS) is 11.2. The summed E-state index contributed by atoms with van der Waals surface area (Å²) in [6.07, 6.45) is -2.91. The van der Waals surface area contributed by atoms with Crippen molar-refractivity contribution in [3.05, 3.63) is 65.5 Å². The molecule has 110 valence electrons. The van der Waals surface area contributed by atoms with Gasteiger partial charge in [-0.1, -0.05) is 30.3 Å². The lowest BCUT2D eigenvalue weighted by atomic mass is 10.1. The SMILES string of the molecule is O=C(NCCc1ccccc1)c1ccc(C(F)(F)F)nc1. The first-order valence-corrected chi connectivity index (χ1v) is 6.32. The molecule has 0 bridgehead atoms. The number of pyridine rings is 1. The monoisotopic (exact) mass is 294 g/mol. The third-order valence-corrected chi connectivity index (χ3v) is 2.86. The van der Waals surface area contributed by atoms with E-state index < -0.39 is 17.8 Å². The summed E-state index contributed by atoms with van der Waals surface area (Å²) < 4.78 is 37.0. The highest BCUT2D eigenvalue weighted by Gasteiger charge is 2.32. The number of alkyl halides is 3. The fourth-order valence-corrected chi connectivity index (χ4v) is 1.76. The van der Waals surface area contributed by atoms with E-state index in [-0.39, 0.29) is 5.56 Å². The van der Waals surface area contributed by atoms with Crippen LogP contribution in [0.5, 0.6) is 0 Å². The molecule has 0 saturated heterocycles. The lowest BCUT2D eigenvalue weighted by Crippen LogP contribution is -2.26. The van der Waals surface area contributed by atoms with E-state index in [2.05, 4.69) is 10.3 Å². The molecular formula is C15H13F3N2O. The average molecular weight is 294 g/mol. The van der Waals surface area contributed by atoms with Gasteiger partial charge in [0.2, 0.25) is 0 Å². The molecule has 6 heteroatoms. The van der Waals surface area contributed by atoms with E-state index >= 15 is 0 Å². The third-order valence-electron chi connectivity index (χ3n) is 2.86. The van der Waals surface area contributed by atoms with Crippen LogP contribution < -0.4 is 5.32 Å². The molecule has 0 aliphatic carbocycles. The van der Waals surface area contributed by atoms with Gasteiger partial charge < -0.3 is 5.32 Å². The zero-order valence-electron chi connectivity index (χ0n) is 11.0. The molecule has 1 aromatic carbocycles. The molecule has 2 aromatic rings. The standard InChI is InChI=1S/C15H13F3N2O/c16-15(17,18)13-7-6-12(10-20-13)14(21)19-9-8-11-4-2-1-3-5-11/h1-7,10H,8-9H2,(H,19,21). The van der Waals surface area contributed by atoms with Gasteiger partial charge in [0, 0.05) is 12.7 Å². The van der Waals surface area contributed by atoms with Crippen molar-refractivity contribution in [1.82, 2.24) is 10.3 Å². The quantitative estimate of drug-likeness (QED) is 0.941. The van der Waals surface area contributed by atoms with Crippen molar-refractivity contribution in [3.63, 3.8) is 0 Å². The largest absolute Gasteiger partial charge is 0.433 e. The van der Waals surface area contributed by atoms with Crippen LogP contribution in [0.1, 0.15) is 21.6 Å². The number of aromatic nitrogens is 1. The molecule has 21 heavy (non-hydrogen) atoms. The molecule has 0 aliphatic heterocycles. The second kappa shape index (κ2) is 6.39. The first-order chi connectivity index (χ1) is 9.97. The molecule has 0 atom stereocenters. The lowest BCUT2D eigenvalue weighted by molar-refractivity contribution is -0.141. The maximum Gasteiger partial charge on any atom is 0.433 e. The van der Waals surface area contributed by atoms with Crippen molar-refractivity contribution in [1.29, 1.82) is 0 Å². The van der Waals surface area contributed by atoms with Gasteiger partial charge in [0.15, 0.2) is 0 Å². The van der Waals surface area contributed by atoms with Gasteiger partial charge in [-0.3, -0.25) is 9.78 Å². The van der Waals surface area contributed by atoms with Crippen LogP contribution in [0.15, 0.2) is 48.7 Å². The molecule has 1 amide bonds. The first-order valence-electron chi connectivity index (χ1n) is 6.32. The molecule has 3 nitrogen and oxygen atoms in total. The van der Waals surface area contributed by atoms with Gasteiger partial charge in [-0.2, -0.15) is 13.2 Å². The van der Waals surface area contributed by atoms with E-state index in [4.69, 9.17) is 0 Å². The van der Waals surface area contributed by atoms with Gasteiger partial charge in [-0.25, -0.2) is 0 Å². The summed E-state index contributed by atoms with van der Waals surface area (Å²) in [5, 5.41) is 2.65. The van der Waals surface area contributed by atoms with Crippen LogP contribution in [0, 0.1) is 0 Å². The average Bonchev–Trinajstić information content (AvgIpc) is 2.47. The molecule has 0 fully saturated rings. The van der Waals surface area contributed by atoms with Gasteiger partial charge in [0.1, 0.15) is 5.69 Å². The van der Waals surface area contributed by atoms with Gasteiger partial charge in [0.25, 0.3) is 5.91 Å². The fourth-order valence-electron chi connectivity index (χ4n) is 1.76. The van der Waals surface area contributed by atoms with Crippen molar-refractivity contribution in [3.8, 4) is 0 Å². The van der Waals surface area contributed by atoms with Crippen LogP contribution in [0.25, 0.3) is 0 Å². The predicted octanol–water partition coefficient (Wildman–Crippen LogP) is 3.07. The zero-order chi connectivity index (χ0) is 15.3. The Morgan fingerprint density at radius 3 is 2.38 bits per heavy atom. The highest BCUT2D eigenvalue weighted by molar-refractivity contribution is 5.93. The Morgan fingerprint density at radius 1 is 1.10 bits per heavy atom. The van der Waals surface area contributed by atoms with E-state index in [0.717, 1.165) is 23.9 Å².